The molecule has 5 heteroatoms. The van der Waals surface area contributed by atoms with E-state index in [1.165, 1.54) is 0 Å². The average molecular weight is 330 g/mol. The summed E-state index contributed by atoms with van der Waals surface area (Å²) in [5.41, 5.74) is 0. The number of hydrogen-bond donors (Lipinski definition) is 1. The Morgan fingerprint density at radius 1 is 1.27 bits per heavy atom. The summed E-state index contributed by atoms with van der Waals surface area (Å²) in [6, 6.07) is 0. The highest BCUT2D eigenvalue weighted by molar-refractivity contribution is 14.1. The van der Waals surface area contributed by atoms with Crippen LogP contribution in [0.2, 0.25) is 0 Å². The molecule has 0 aromatic carbocycles. The molecule has 0 aliphatic heterocycles. The fraction of sp³-hybridized carbons (Fsp3) is 0.900. The van der Waals surface area contributed by atoms with Crippen LogP contribution in [0.1, 0.15) is 20.8 Å². The molecule has 90 valence electrons. The van der Waals surface area contributed by atoms with Gasteiger partial charge in [-0.25, -0.2) is 0 Å². The third-order valence-electron chi connectivity index (χ3n) is 1.66. The van der Waals surface area contributed by atoms with Crippen LogP contribution in [0.3, 0.4) is 0 Å². The van der Waals surface area contributed by atoms with Crippen LogP contribution < -0.4 is 5.32 Å². The van der Waals surface area contributed by atoms with Crippen LogP contribution in [0.15, 0.2) is 0 Å². The van der Waals surface area contributed by atoms with Crippen molar-refractivity contribution in [2.75, 3.05) is 26.3 Å². The van der Waals surface area contributed by atoms with Gasteiger partial charge in [0.25, 0.3) is 0 Å². The topological polar surface area (TPSA) is 52.1 Å². The highest BCUT2D eigenvalue weighted by atomic mass is 127. The van der Waals surface area contributed by atoms with E-state index < -0.39 is 0 Å². The number of quaternary nitrogens is 1. The molecule has 0 aromatic heterocycles. The van der Waals surface area contributed by atoms with E-state index in [0.29, 0.717) is 6.61 Å². The summed E-state index contributed by atoms with van der Waals surface area (Å²) < 4.78 is 10.3. The molecule has 1 unspecified atom stereocenters. The van der Waals surface area contributed by atoms with E-state index in [-0.39, 0.29) is 16.0 Å². The van der Waals surface area contributed by atoms with Gasteiger partial charge in [-0.2, -0.15) is 0 Å². The van der Waals surface area contributed by atoms with Gasteiger partial charge < -0.3 is 14.8 Å². The number of hydrogen-bond acceptors (Lipinski definition) is 3. The Bertz CT molecular complexity index is 174. The monoisotopic (exact) mass is 330 g/mol. The predicted molar refractivity (Wildman–Crippen MR) is 67.2 cm³/mol. The molecule has 0 amide bonds. The van der Waals surface area contributed by atoms with Crippen molar-refractivity contribution in [3.05, 3.63) is 0 Å². The maximum absolute atomic E-state index is 11.1. The maximum atomic E-state index is 11.1. The van der Waals surface area contributed by atoms with Crippen LogP contribution in [0.25, 0.3) is 0 Å². The van der Waals surface area contributed by atoms with Crippen LogP contribution in [0.4, 0.5) is 0 Å². The normalized spacial score (nSPS) is 12.9. The molecule has 0 spiro atoms. The van der Waals surface area contributed by atoms with Gasteiger partial charge in [0.05, 0.1) is 19.3 Å². The van der Waals surface area contributed by atoms with Gasteiger partial charge in [0, 0.05) is 0 Å². The Kier molecular flexibility index (Phi) is 9.43. The SMILES string of the molecule is CC(C)OCC[NH2+]CCOC(=O)C(C)I. The van der Waals surface area contributed by atoms with Gasteiger partial charge in [0.2, 0.25) is 0 Å². The molecule has 0 heterocycles. The summed E-state index contributed by atoms with van der Waals surface area (Å²) in [6.07, 6.45) is 0.288. The van der Waals surface area contributed by atoms with E-state index >= 15 is 0 Å². The van der Waals surface area contributed by atoms with Gasteiger partial charge in [-0.1, -0.05) is 22.6 Å². The largest absolute Gasteiger partial charge is 0.459 e. The average Bonchev–Trinajstić information content (AvgIpc) is 2.15. The molecule has 0 fully saturated rings. The van der Waals surface area contributed by atoms with Crippen molar-refractivity contribution in [1.82, 2.24) is 0 Å². The van der Waals surface area contributed by atoms with E-state index in [0.717, 1.165) is 19.7 Å². The maximum Gasteiger partial charge on any atom is 0.318 e. The number of rotatable bonds is 8. The Balaban J connectivity index is 3.15. The fourth-order valence-corrected chi connectivity index (χ4v) is 1.07. The van der Waals surface area contributed by atoms with E-state index in [1.54, 1.807) is 0 Å². The molecule has 1 atom stereocenters. The van der Waals surface area contributed by atoms with Crippen molar-refractivity contribution >= 4 is 28.6 Å². The summed E-state index contributed by atoms with van der Waals surface area (Å²) in [7, 11) is 0. The molecule has 0 bridgehead atoms. The number of carbonyl (C=O) groups excluding carboxylic acids is 1. The van der Waals surface area contributed by atoms with Crippen molar-refractivity contribution < 1.29 is 19.6 Å². The highest BCUT2D eigenvalue weighted by Crippen LogP contribution is 1.99. The number of carbonyl (C=O) groups is 1. The van der Waals surface area contributed by atoms with Gasteiger partial charge in [0.1, 0.15) is 17.1 Å². The van der Waals surface area contributed by atoms with Gasteiger partial charge in [-0.3, -0.25) is 4.79 Å². The minimum atomic E-state index is -0.137. The Morgan fingerprint density at radius 2 is 1.87 bits per heavy atom. The summed E-state index contributed by atoms with van der Waals surface area (Å²) >= 11 is 2.05. The standard InChI is InChI=1S/C10H20INO3/c1-8(2)14-6-4-12-5-7-15-10(13)9(3)11/h8-9,12H,4-7H2,1-3H3/p+1. The zero-order valence-corrected chi connectivity index (χ0v) is 11.8. The minimum Gasteiger partial charge on any atom is -0.459 e. The van der Waals surface area contributed by atoms with E-state index in [1.807, 2.05) is 43.4 Å². The van der Waals surface area contributed by atoms with E-state index in [9.17, 15) is 4.79 Å². The lowest BCUT2D eigenvalue weighted by Crippen LogP contribution is -2.86. The zero-order valence-electron chi connectivity index (χ0n) is 9.66. The van der Waals surface area contributed by atoms with Gasteiger partial charge in [-0.05, 0) is 20.8 Å². The molecule has 0 aromatic rings. The second-order valence-electron chi connectivity index (χ2n) is 3.57. The van der Waals surface area contributed by atoms with E-state index in [2.05, 4.69) is 5.32 Å². The Hall–Kier alpha value is 0.120. The molecule has 0 saturated heterocycles. The van der Waals surface area contributed by atoms with Crippen molar-refractivity contribution in [3.63, 3.8) is 0 Å². The van der Waals surface area contributed by atoms with Crippen LogP contribution in [-0.4, -0.2) is 42.3 Å². The molecule has 0 saturated carbocycles. The third kappa shape index (κ3) is 10.4. The first kappa shape index (κ1) is 15.1. The van der Waals surface area contributed by atoms with Gasteiger partial charge in [0.15, 0.2) is 0 Å². The highest BCUT2D eigenvalue weighted by Gasteiger charge is 2.09. The first-order valence-electron chi connectivity index (χ1n) is 5.28. The second-order valence-corrected chi connectivity index (χ2v) is 5.44. The Morgan fingerprint density at radius 3 is 2.40 bits per heavy atom. The number of halogens is 1. The van der Waals surface area contributed by atoms with Crippen LogP contribution in [0, 0.1) is 0 Å². The fourth-order valence-electron chi connectivity index (χ4n) is 0.889. The molecule has 0 rings (SSSR count). The van der Waals surface area contributed by atoms with Crippen molar-refractivity contribution in [2.45, 2.75) is 30.8 Å². The number of ether oxygens (including phenoxy) is 2. The third-order valence-corrected chi connectivity index (χ3v) is 2.17. The first-order valence-corrected chi connectivity index (χ1v) is 6.52. The second kappa shape index (κ2) is 9.35. The molecule has 4 nitrogen and oxygen atoms in total. The lowest BCUT2D eigenvalue weighted by atomic mass is 10.5. The zero-order chi connectivity index (χ0) is 11.7. The number of alkyl halides is 1. The van der Waals surface area contributed by atoms with Crippen LogP contribution in [0.5, 0.6) is 0 Å². The van der Waals surface area contributed by atoms with Gasteiger partial charge >= 0.3 is 5.97 Å². The van der Waals surface area contributed by atoms with Crippen LogP contribution >= 0.6 is 22.6 Å². The van der Waals surface area contributed by atoms with E-state index in [4.69, 9.17) is 9.47 Å². The molecule has 15 heavy (non-hydrogen) atoms. The number of esters is 1. The summed E-state index contributed by atoms with van der Waals surface area (Å²) in [5.74, 6) is -0.137. The predicted octanol–water partition coefficient (Wildman–Crippen LogP) is 0.341. The summed E-state index contributed by atoms with van der Waals surface area (Å²) in [4.78, 5) is 11.1. The van der Waals surface area contributed by atoms with Crippen molar-refractivity contribution in [2.24, 2.45) is 0 Å². The first-order chi connectivity index (χ1) is 7.04. The van der Waals surface area contributed by atoms with Crippen molar-refractivity contribution in [3.8, 4) is 0 Å². The lowest BCUT2D eigenvalue weighted by molar-refractivity contribution is -0.657. The summed E-state index contributed by atoms with van der Waals surface area (Å²) in [6.45, 7) is 8.80. The molecule has 0 aliphatic carbocycles. The summed E-state index contributed by atoms with van der Waals surface area (Å²) in [5, 5.41) is 2.09. The molecule has 2 N–H and O–H groups in total. The quantitative estimate of drug-likeness (QED) is 0.302. The number of nitrogens with two attached hydrogens (primary N) is 1. The minimum absolute atomic E-state index is 0.0631. The molecule has 0 radical (unpaired) electrons. The molecular weight excluding hydrogens is 309 g/mol. The Labute approximate surface area is 105 Å². The smallest absolute Gasteiger partial charge is 0.318 e. The molecule has 0 aliphatic rings. The molecular formula is C10H21INO3+. The van der Waals surface area contributed by atoms with Crippen LogP contribution in [-0.2, 0) is 14.3 Å². The van der Waals surface area contributed by atoms with Gasteiger partial charge in [-0.15, -0.1) is 0 Å². The lowest BCUT2D eigenvalue weighted by Gasteiger charge is -2.07. The van der Waals surface area contributed by atoms with Crippen molar-refractivity contribution in [1.29, 1.82) is 0 Å².